The molecule has 1 aliphatic rings. The summed E-state index contributed by atoms with van der Waals surface area (Å²) in [5.74, 6) is 0.840. The number of likely N-dealkylation sites (tertiary alicyclic amines) is 1. The first-order chi connectivity index (χ1) is 5.24. The van der Waals surface area contributed by atoms with E-state index in [0.29, 0.717) is 0 Å². The highest BCUT2D eigenvalue weighted by molar-refractivity contribution is 9.09. The Bertz CT molecular complexity index is 106. The van der Waals surface area contributed by atoms with E-state index >= 15 is 0 Å². The Morgan fingerprint density at radius 3 is 2.64 bits per heavy atom. The number of hydrogen-bond acceptors (Lipinski definition) is 1. The van der Waals surface area contributed by atoms with Gasteiger partial charge in [-0.3, -0.25) is 0 Å². The van der Waals surface area contributed by atoms with Crippen molar-refractivity contribution < 1.29 is 0 Å². The fourth-order valence-electron chi connectivity index (χ4n) is 1.59. The predicted octanol–water partition coefficient (Wildman–Crippen LogP) is 2.50. The van der Waals surface area contributed by atoms with E-state index in [1.165, 1.54) is 32.5 Å². The van der Waals surface area contributed by atoms with Gasteiger partial charge in [0.2, 0.25) is 0 Å². The summed E-state index contributed by atoms with van der Waals surface area (Å²) in [7, 11) is 0. The molecule has 0 bridgehead atoms. The summed E-state index contributed by atoms with van der Waals surface area (Å²) in [6.45, 7) is 8.41. The third-order valence-electron chi connectivity index (χ3n) is 2.42. The molecule has 0 spiro atoms. The van der Waals surface area contributed by atoms with Gasteiger partial charge in [-0.05, 0) is 18.9 Å². The smallest absolute Gasteiger partial charge is 0.0310 e. The first kappa shape index (κ1) is 9.53. The van der Waals surface area contributed by atoms with Crippen molar-refractivity contribution in [3.05, 3.63) is 0 Å². The minimum atomic E-state index is 0.736. The molecule has 0 amide bonds. The van der Waals surface area contributed by atoms with Crippen LogP contribution in [0.3, 0.4) is 0 Å². The molecular weight excluding hydrogens is 202 g/mol. The quantitative estimate of drug-likeness (QED) is 0.660. The Labute approximate surface area is 78.3 Å². The van der Waals surface area contributed by atoms with Crippen LogP contribution in [0.4, 0.5) is 0 Å². The molecule has 0 N–H and O–H groups in total. The molecule has 0 aromatic rings. The van der Waals surface area contributed by atoms with Crippen LogP contribution in [0.2, 0.25) is 0 Å². The Morgan fingerprint density at radius 2 is 2.18 bits per heavy atom. The summed E-state index contributed by atoms with van der Waals surface area (Å²) < 4.78 is 0. The highest BCUT2D eigenvalue weighted by atomic mass is 79.9. The molecule has 0 aromatic carbocycles. The number of unbranched alkanes of at least 4 members (excludes halogenated alkanes) is 1. The molecule has 0 aromatic heterocycles. The third-order valence-corrected chi connectivity index (χ3v) is 3.62. The van der Waals surface area contributed by atoms with E-state index < -0.39 is 0 Å². The van der Waals surface area contributed by atoms with Gasteiger partial charge < -0.3 is 4.90 Å². The Balaban J connectivity index is 2.18. The van der Waals surface area contributed by atoms with Gasteiger partial charge in [-0.2, -0.15) is 0 Å². The highest BCUT2D eigenvalue weighted by Gasteiger charge is 2.26. The molecule has 1 heterocycles. The van der Waals surface area contributed by atoms with Gasteiger partial charge in [-0.25, -0.2) is 0 Å². The van der Waals surface area contributed by atoms with E-state index in [1.807, 2.05) is 0 Å². The lowest BCUT2D eigenvalue weighted by atomic mass is 10.2. The van der Waals surface area contributed by atoms with Crippen LogP contribution in [-0.2, 0) is 0 Å². The standard InChI is InChI=1S/C9H18BrN/c1-3-4-5-11-6-8(2)9(10)7-11/h8-9H,3-7H2,1-2H3. The van der Waals surface area contributed by atoms with Gasteiger partial charge in [-0.1, -0.05) is 36.2 Å². The lowest BCUT2D eigenvalue weighted by Gasteiger charge is -2.13. The van der Waals surface area contributed by atoms with Crippen molar-refractivity contribution in [1.29, 1.82) is 0 Å². The first-order valence-electron chi connectivity index (χ1n) is 4.60. The monoisotopic (exact) mass is 219 g/mol. The van der Waals surface area contributed by atoms with Crippen LogP contribution in [0.15, 0.2) is 0 Å². The van der Waals surface area contributed by atoms with Crippen molar-refractivity contribution in [2.45, 2.75) is 31.5 Å². The molecule has 0 saturated carbocycles. The minimum Gasteiger partial charge on any atom is -0.302 e. The highest BCUT2D eigenvalue weighted by Crippen LogP contribution is 2.22. The van der Waals surface area contributed by atoms with Gasteiger partial charge in [0.25, 0.3) is 0 Å². The second-order valence-corrected chi connectivity index (χ2v) is 4.78. The molecule has 1 aliphatic heterocycles. The van der Waals surface area contributed by atoms with Crippen molar-refractivity contribution in [3.63, 3.8) is 0 Å². The number of alkyl halides is 1. The van der Waals surface area contributed by atoms with Gasteiger partial charge >= 0.3 is 0 Å². The summed E-state index contributed by atoms with van der Waals surface area (Å²) in [5.41, 5.74) is 0. The normalized spacial score (nSPS) is 33.0. The third kappa shape index (κ3) is 2.75. The average Bonchev–Trinajstić information content (AvgIpc) is 2.28. The van der Waals surface area contributed by atoms with Crippen LogP contribution >= 0.6 is 15.9 Å². The number of hydrogen-bond donors (Lipinski definition) is 0. The van der Waals surface area contributed by atoms with Crippen molar-refractivity contribution in [2.24, 2.45) is 5.92 Å². The second-order valence-electron chi connectivity index (χ2n) is 3.61. The summed E-state index contributed by atoms with van der Waals surface area (Å²) in [6, 6.07) is 0. The largest absolute Gasteiger partial charge is 0.302 e. The molecule has 2 atom stereocenters. The number of rotatable bonds is 3. The SMILES string of the molecule is CCCCN1CC(C)C(Br)C1. The van der Waals surface area contributed by atoms with Crippen molar-refractivity contribution in [1.82, 2.24) is 4.90 Å². The molecule has 0 aliphatic carbocycles. The molecular formula is C9H18BrN. The van der Waals surface area contributed by atoms with E-state index in [2.05, 4.69) is 34.7 Å². The molecule has 1 rings (SSSR count). The molecule has 1 nitrogen and oxygen atoms in total. The van der Waals surface area contributed by atoms with Crippen LogP contribution in [0.5, 0.6) is 0 Å². The van der Waals surface area contributed by atoms with Gasteiger partial charge in [0, 0.05) is 17.9 Å². The first-order valence-corrected chi connectivity index (χ1v) is 5.52. The van der Waals surface area contributed by atoms with Crippen LogP contribution in [-0.4, -0.2) is 29.4 Å². The second kappa shape index (κ2) is 4.46. The van der Waals surface area contributed by atoms with Gasteiger partial charge in [0.05, 0.1) is 0 Å². The maximum atomic E-state index is 3.69. The van der Waals surface area contributed by atoms with Crippen LogP contribution < -0.4 is 0 Å². The van der Waals surface area contributed by atoms with Gasteiger partial charge in [0.15, 0.2) is 0 Å². The molecule has 1 saturated heterocycles. The van der Waals surface area contributed by atoms with Gasteiger partial charge in [0.1, 0.15) is 0 Å². The number of halogens is 1. The summed E-state index contributed by atoms with van der Waals surface area (Å²) in [4.78, 5) is 3.30. The lowest BCUT2D eigenvalue weighted by molar-refractivity contribution is 0.322. The average molecular weight is 220 g/mol. The summed E-state index contributed by atoms with van der Waals surface area (Å²) >= 11 is 3.69. The van der Waals surface area contributed by atoms with E-state index in [0.717, 1.165) is 10.7 Å². The fourth-order valence-corrected chi connectivity index (χ4v) is 2.16. The Morgan fingerprint density at radius 1 is 1.45 bits per heavy atom. The zero-order chi connectivity index (χ0) is 8.27. The van der Waals surface area contributed by atoms with Crippen molar-refractivity contribution >= 4 is 15.9 Å². The van der Waals surface area contributed by atoms with Crippen molar-refractivity contribution in [3.8, 4) is 0 Å². The topological polar surface area (TPSA) is 3.24 Å². The fraction of sp³-hybridized carbons (Fsp3) is 1.00. The minimum absolute atomic E-state index is 0.736. The van der Waals surface area contributed by atoms with Crippen LogP contribution in [0.1, 0.15) is 26.7 Å². The van der Waals surface area contributed by atoms with Crippen molar-refractivity contribution in [2.75, 3.05) is 19.6 Å². The molecule has 11 heavy (non-hydrogen) atoms. The van der Waals surface area contributed by atoms with E-state index in [1.54, 1.807) is 0 Å². The molecule has 66 valence electrons. The maximum Gasteiger partial charge on any atom is 0.0310 e. The van der Waals surface area contributed by atoms with E-state index in [9.17, 15) is 0 Å². The predicted molar refractivity (Wildman–Crippen MR) is 53.2 cm³/mol. The van der Waals surface area contributed by atoms with Crippen LogP contribution in [0.25, 0.3) is 0 Å². The zero-order valence-corrected chi connectivity index (χ0v) is 9.10. The summed E-state index contributed by atoms with van der Waals surface area (Å²) in [6.07, 6.45) is 2.67. The van der Waals surface area contributed by atoms with Gasteiger partial charge in [-0.15, -0.1) is 0 Å². The molecule has 2 unspecified atom stereocenters. The van der Waals surface area contributed by atoms with Crippen LogP contribution in [0, 0.1) is 5.92 Å². The molecule has 1 fully saturated rings. The summed E-state index contributed by atoms with van der Waals surface area (Å²) in [5, 5.41) is 0. The number of nitrogens with zero attached hydrogens (tertiary/aromatic N) is 1. The zero-order valence-electron chi connectivity index (χ0n) is 7.52. The maximum absolute atomic E-state index is 3.69. The molecule has 0 radical (unpaired) electrons. The van der Waals surface area contributed by atoms with E-state index in [4.69, 9.17) is 0 Å². The molecule has 2 heteroatoms. The van der Waals surface area contributed by atoms with E-state index in [-0.39, 0.29) is 0 Å². The Hall–Kier alpha value is 0.440. The Kier molecular flexibility index (Phi) is 3.86. The lowest BCUT2D eigenvalue weighted by Crippen LogP contribution is -2.21.